The zero-order valence-corrected chi connectivity index (χ0v) is 8.86. The van der Waals surface area contributed by atoms with Crippen molar-refractivity contribution in [2.75, 3.05) is 0 Å². The molecule has 1 atom stereocenters. The first-order valence-corrected chi connectivity index (χ1v) is 4.65. The molecule has 0 fully saturated rings. The van der Waals surface area contributed by atoms with Gasteiger partial charge in [-0.15, -0.1) is 0 Å². The smallest absolute Gasteiger partial charge is 0.0336 e. The van der Waals surface area contributed by atoms with Crippen molar-refractivity contribution in [2.45, 2.75) is 27.2 Å². The second-order valence-corrected chi connectivity index (χ2v) is 3.57. The third-order valence-corrected chi connectivity index (χ3v) is 1.82. The van der Waals surface area contributed by atoms with E-state index >= 15 is 0 Å². The van der Waals surface area contributed by atoms with E-state index in [4.69, 9.17) is 11.6 Å². The van der Waals surface area contributed by atoms with Gasteiger partial charge in [0.2, 0.25) is 0 Å². The largest absolute Gasteiger partial charge is 0.0850 e. The van der Waals surface area contributed by atoms with Gasteiger partial charge in [-0.2, -0.15) is 0 Å². The lowest BCUT2D eigenvalue weighted by Crippen LogP contribution is -1.84. The number of halogens is 1. The van der Waals surface area contributed by atoms with E-state index in [1.807, 2.05) is 13.0 Å². The molecule has 0 aliphatic heterocycles. The summed E-state index contributed by atoms with van der Waals surface area (Å²) in [5.41, 5.74) is 1.15. The van der Waals surface area contributed by atoms with Crippen LogP contribution in [0.5, 0.6) is 0 Å². The molecule has 68 valence electrons. The lowest BCUT2D eigenvalue weighted by Gasteiger charge is -1.99. The Balaban J connectivity index is 4.07. The molecule has 0 aliphatic carbocycles. The van der Waals surface area contributed by atoms with Gasteiger partial charge in [0.15, 0.2) is 0 Å². The van der Waals surface area contributed by atoms with Crippen LogP contribution in [-0.4, -0.2) is 0 Å². The molecule has 0 radical (unpaired) electrons. The van der Waals surface area contributed by atoms with E-state index in [-0.39, 0.29) is 0 Å². The van der Waals surface area contributed by atoms with Crippen LogP contribution in [0.25, 0.3) is 0 Å². The van der Waals surface area contributed by atoms with E-state index in [0.717, 1.165) is 5.57 Å². The summed E-state index contributed by atoms with van der Waals surface area (Å²) >= 11 is 5.62. The fourth-order valence-electron chi connectivity index (χ4n) is 0.747. The van der Waals surface area contributed by atoms with Crippen molar-refractivity contribution in [3.05, 3.63) is 35.4 Å². The number of hydrogen-bond acceptors (Lipinski definition) is 0. The van der Waals surface area contributed by atoms with Crippen LogP contribution in [0, 0.1) is 5.92 Å². The summed E-state index contributed by atoms with van der Waals surface area (Å²) in [6, 6.07) is 0. The van der Waals surface area contributed by atoms with Crippen molar-refractivity contribution in [3.8, 4) is 0 Å². The molecule has 0 aromatic rings. The number of hydrogen-bond donors (Lipinski definition) is 0. The molecule has 0 bridgehead atoms. The highest BCUT2D eigenvalue weighted by Gasteiger charge is 1.90. The van der Waals surface area contributed by atoms with Crippen LogP contribution >= 0.6 is 11.6 Å². The molecule has 0 saturated heterocycles. The van der Waals surface area contributed by atoms with E-state index < -0.39 is 0 Å². The lowest BCUT2D eigenvalue weighted by molar-refractivity contribution is 0.698. The molecule has 1 heteroatoms. The zero-order valence-electron chi connectivity index (χ0n) is 8.10. The maximum absolute atomic E-state index is 5.62. The Kier molecular flexibility index (Phi) is 5.83. The first kappa shape index (κ1) is 11.5. The summed E-state index contributed by atoms with van der Waals surface area (Å²) in [4.78, 5) is 0. The topological polar surface area (TPSA) is 0 Å². The van der Waals surface area contributed by atoms with Gasteiger partial charge >= 0.3 is 0 Å². The van der Waals surface area contributed by atoms with Crippen LogP contribution in [0.15, 0.2) is 35.4 Å². The predicted molar refractivity (Wildman–Crippen MR) is 57.3 cm³/mol. The van der Waals surface area contributed by atoms with Gasteiger partial charge in [-0.1, -0.05) is 50.6 Å². The second kappa shape index (κ2) is 6.07. The highest BCUT2D eigenvalue weighted by atomic mass is 35.5. The van der Waals surface area contributed by atoms with Gasteiger partial charge in [0, 0.05) is 5.03 Å². The summed E-state index contributed by atoms with van der Waals surface area (Å²) in [5, 5.41) is 0.585. The minimum atomic E-state index is 0.585. The molecule has 0 aromatic carbocycles. The lowest BCUT2D eigenvalue weighted by atomic mass is 10.1. The summed E-state index contributed by atoms with van der Waals surface area (Å²) < 4.78 is 0. The van der Waals surface area contributed by atoms with Crippen LogP contribution in [0.4, 0.5) is 0 Å². The Morgan fingerprint density at radius 1 is 1.58 bits per heavy atom. The molecule has 0 aromatic heterocycles. The molecular formula is C11H17Cl. The summed E-state index contributed by atoms with van der Waals surface area (Å²) in [6.45, 7) is 9.99. The summed E-state index contributed by atoms with van der Waals surface area (Å²) in [5.74, 6) is 0.636. The molecule has 1 unspecified atom stereocenters. The highest BCUT2D eigenvalue weighted by Crippen LogP contribution is 2.08. The average molecular weight is 185 g/mol. The molecule has 0 heterocycles. The Bertz CT molecular complexity index is 199. The molecule has 0 aliphatic rings. The van der Waals surface area contributed by atoms with Crippen molar-refractivity contribution in [3.63, 3.8) is 0 Å². The molecular weight excluding hydrogens is 168 g/mol. The molecule has 0 N–H and O–H groups in total. The molecule has 0 amide bonds. The van der Waals surface area contributed by atoms with Crippen LogP contribution in [-0.2, 0) is 0 Å². The van der Waals surface area contributed by atoms with Crippen molar-refractivity contribution in [1.29, 1.82) is 0 Å². The Hall–Kier alpha value is -0.490. The van der Waals surface area contributed by atoms with Gasteiger partial charge < -0.3 is 0 Å². The monoisotopic (exact) mass is 184 g/mol. The zero-order chi connectivity index (χ0) is 9.56. The third kappa shape index (κ3) is 6.23. The minimum Gasteiger partial charge on any atom is -0.0850 e. The van der Waals surface area contributed by atoms with Gasteiger partial charge in [-0.05, 0) is 24.5 Å². The van der Waals surface area contributed by atoms with Gasteiger partial charge in [0.1, 0.15) is 0 Å². The summed E-state index contributed by atoms with van der Waals surface area (Å²) in [7, 11) is 0. The quantitative estimate of drug-likeness (QED) is 0.572. The SMILES string of the molecule is C=C(Cl)/C=C(C)\C=C/C(C)CC. The van der Waals surface area contributed by atoms with Crippen molar-refractivity contribution in [1.82, 2.24) is 0 Å². The van der Waals surface area contributed by atoms with Crippen LogP contribution in [0.3, 0.4) is 0 Å². The van der Waals surface area contributed by atoms with Gasteiger partial charge in [0.25, 0.3) is 0 Å². The maximum atomic E-state index is 5.62. The fraction of sp³-hybridized carbons (Fsp3) is 0.455. The van der Waals surface area contributed by atoms with Gasteiger partial charge in [0.05, 0.1) is 0 Å². The van der Waals surface area contributed by atoms with Gasteiger partial charge in [-0.3, -0.25) is 0 Å². The maximum Gasteiger partial charge on any atom is 0.0336 e. The van der Waals surface area contributed by atoms with Crippen LogP contribution < -0.4 is 0 Å². The van der Waals surface area contributed by atoms with Crippen molar-refractivity contribution >= 4 is 11.6 Å². The molecule has 12 heavy (non-hydrogen) atoms. The van der Waals surface area contributed by atoms with Crippen LogP contribution in [0.1, 0.15) is 27.2 Å². The van der Waals surface area contributed by atoms with E-state index in [9.17, 15) is 0 Å². The predicted octanol–water partition coefficient (Wildman–Crippen LogP) is 4.29. The number of allylic oxidation sites excluding steroid dienone is 5. The first-order valence-electron chi connectivity index (χ1n) is 4.27. The Morgan fingerprint density at radius 2 is 2.17 bits per heavy atom. The Morgan fingerprint density at radius 3 is 2.58 bits per heavy atom. The van der Waals surface area contributed by atoms with E-state index in [2.05, 4.69) is 32.6 Å². The normalized spacial score (nSPS) is 15.2. The molecule has 0 saturated carbocycles. The third-order valence-electron chi connectivity index (χ3n) is 1.72. The van der Waals surface area contributed by atoms with Gasteiger partial charge in [-0.25, -0.2) is 0 Å². The molecule has 0 spiro atoms. The fourth-order valence-corrected chi connectivity index (χ4v) is 0.919. The standard InChI is InChI=1S/C11H17Cl/c1-5-9(2)6-7-10(3)8-11(4)12/h6-9H,4-5H2,1-3H3/b7-6-,10-8-. The molecule has 0 rings (SSSR count). The van der Waals surface area contributed by atoms with Crippen molar-refractivity contribution in [2.24, 2.45) is 5.92 Å². The van der Waals surface area contributed by atoms with E-state index in [1.165, 1.54) is 6.42 Å². The number of rotatable bonds is 4. The van der Waals surface area contributed by atoms with Crippen molar-refractivity contribution < 1.29 is 0 Å². The van der Waals surface area contributed by atoms with E-state index in [0.29, 0.717) is 11.0 Å². The Labute approximate surface area is 80.6 Å². The van der Waals surface area contributed by atoms with E-state index in [1.54, 1.807) is 0 Å². The second-order valence-electron chi connectivity index (χ2n) is 3.08. The minimum absolute atomic E-state index is 0.585. The summed E-state index contributed by atoms with van der Waals surface area (Å²) in [6.07, 6.45) is 7.30. The van der Waals surface area contributed by atoms with Crippen LogP contribution in [0.2, 0.25) is 0 Å². The first-order chi connectivity index (χ1) is 5.56. The molecule has 0 nitrogen and oxygen atoms in total. The average Bonchev–Trinajstić information content (AvgIpc) is 1.99. The highest BCUT2D eigenvalue weighted by molar-refractivity contribution is 6.30.